The monoisotopic (exact) mass is 376 g/mol. The molecule has 0 aliphatic carbocycles. The van der Waals surface area contributed by atoms with E-state index >= 15 is 0 Å². The zero-order valence-electron chi connectivity index (χ0n) is 8.53. The number of ether oxygens (including phenoxy) is 1. The Morgan fingerprint density at radius 3 is 2.59 bits per heavy atom. The molecule has 0 aliphatic heterocycles. The third kappa shape index (κ3) is 3.66. The van der Waals surface area contributed by atoms with Gasteiger partial charge in [0.25, 0.3) is 0 Å². The highest BCUT2D eigenvalue weighted by Crippen LogP contribution is 2.28. The highest BCUT2D eigenvalue weighted by Gasteiger charge is 2.03. The Morgan fingerprint density at radius 2 is 1.94 bits per heavy atom. The van der Waals surface area contributed by atoms with Crippen LogP contribution in [0, 0.1) is 0 Å². The first-order chi connectivity index (χ1) is 8.15. The molecule has 1 aromatic carbocycles. The van der Waals surface area contributed by atoms with Gasteiger partial charge in [0, 0.05) is 4.47 Å². The van der Waals surface area contributed by atoms with Crippen molar-refractivity contribution >= 4 is 43.5 Å². The Hall–Kier alpha value is -0.650. The lowest BCUT2D eigenvalue weighted by molar-refractivity contribution is 0.298. The van der Waals surface area contributed by atoms with Crippen LogP contribution < -0.4 is 4.74 Å². The Balaban J connectivity index is 2.04. The van der Waals surface area contributed by atoms with E-state index < -0.39 is 0 Å². The van der Waals surface area contributed by atoms with Crippen LogP contribution in [0.1, 0.15) is 5.69 Å². The van der Waals surface area contributed by atoms with Crippen molar-refractivity contribution in [2.24, 2.45) is 0 Å². The smallest absolute Gasteiger partial charge is 0.151 e. The van der Waals surface area contributed by atoms with E-state index in [0.29, 0.717) is 11.8 Å². The summed E-state index contributed by atoms with van der Waals surface area (Å²) in [7, 11) is 0. The molecule has 0 unspecified atom stereocenters. The van der Waals surface area contributed by atoms with Crippen LogP contribution in [0.25, 0.3) is 0 Å². The summed E-state index contributed by atoms with van der Waals surface area (Å²) in [5, 5.41) is 8.03. The fraction of sp³-hybridized carbons (Fsp3) is 0.0909. The number of halogens is 3. The molecule has 88 valence electrons. The van der Waals surface area contributed by atoms with Crippen LogP contribution in [0.2, 0.25) is 5.15 Å². The maximum atomic E-state index is 5.64. The van der Waals surface area contributed by atoms with Crippen LogP contribution in [0.5, 0.6) is 5.75 Å². The summed E-state index contributed by atoms with van der Waals surface area (Å²) in [6.07, 6.45) is 0. The third-order valence-corrected chi connectivity index (χ3v) is 3.27. The van der Waals surface area contributed by atoms with E-state index in [1.807, 2.05) is 18.2 Å². The van der Waals surface area contributed by atoms with Gasteiger partial charge in [-0.25, -0.2) is 0 Å². The van der Waals surface area contributed by atoms with Gasteiger partial charge in [-0.05, 0) is 46.3 Å². The van der Waals surface area contributed by atoms with Crippen molar-refractivity contribution in [3.63, 3.8) is 0 Å². The normalized spacial score (nSPS) is 10.3. The quantitative estimate of drug-likeness (QED) is 0.802. The number of hydrogen-bond acceptors (Lipinski definition) is 3. The predicted molar refractivity (Wildman–Crippen MR) is 73.2 cm³/mol. The Morgan fingerprint density at radius 1 is 1.12 bits per heavy atom. The molecule has 3 nitrogen and oxygen atoms in total. The van der Waals surface area contributed by atoms with Gasteiger partial charge in [0.05, 0.1) is 4.47 Å². The molecule has 0 saturated carbocycles. The third-order valence-electron chi connectivity index (χ3n) is 1.96. The van der Waals surface area contributed by atoms with Crippen LogP contribution in [-0.2, 0) is 6.61 Å². The van der Waals surface area contributed by atoms with Crippen molar-refractivity contribution in [3.05, 3.63) is 50.1 Å². The zero-order valence-corrected chi connectivity index (χ0v) is 12.5. The number of benzene rings is 1. The lowest BCUT2D eigenvalue weighted by atomic mass is 10.3. The van der Waals surface area contributed by atoms with Crippen molar-refractivity contribution in [1.29, 1.82) is 0 Å². The molecule has 17 heavy (non-hydrogen) atoms. The van der Waals surface area contributed by atoms with E-state index in [1.54, 1.807) is 12.1 Å². The van der Waals surface area contributed by atoms with Gasteiger partial charge in [-0.15, -0.1) is 5.10 Å². The molecule has 2 aromatic rings. The van der Waals surface area contributed by atoms with Crippen LogP contribution in [0.3, 0.4) is 0 Å². The summed E-state index contributed by atoms with van der Waals surface area (Å²) in [4.78, 5) is 0. The molecule has 0 bridgehead atoms. The maximum absolute atomic E-state index is 5.64. The van der Waals surface area contributed by atoms with E-state index in [-0.39, 0.29) is 0 Å². The van der Waals surface area contributed by atoms with Crippen molar-refractivity contribution in [1.82, 2.24) is 10.2 Å². The van der Waals surface area contributed by atoms with Gasteiger partial charge in [0.1, 0.15) is 18.1 Å². The van der Waals surface area contributed by atoms with E-state index in [9.17, 15) is 0 Å². The van der Waals surface area contributed by atoms with Gasteiger partial charge in [-0.2, -0.15) is 5.10 Å². The van der Waals surface area contributed by atoms with Gasteiger partial charge in [-0.1, -0.05) is 27.5 Å². The second-order valence-corrected chi connectivity index (χ2v) is 5.37. The van der Waals surface area contributed by atoms with Crippen LogP contribution in [0.4, 0.5) is 0 Å². The first-order valence-electron chi connectivity index (χ1n) is 4.71. The second kappa shape index (κ2) is 5.80. The van der Waals surface area contributed by atoms with Crippen molar-refractivity contribution in [2.75, 3.05) is 0 Å². The molecule has 1 heterocycles. The summed E-state index contributed by atoms with van der Waals surface area (Å²) in [6, 6.07) is 9.17. The molecule has 0 radical (unpaired) electrons. The highest BCUT2D eigenvalue weighted by atomic mass is 79.9. The average Bonchev–Trinajstić information content (AvgIpc) is 2.30. The topological polar surface area (TPSA) is 35.0 Å². The first kappa shape index (κ1) is 12.8. The minimum atomic E-state index is 0.352. The van der Waals surface area contributed by atoms with E-state index in [2.05, 4.69) is 42.1 Å². The van der Waals surface area contributed by atoms with Gasteiger partial charge in [0.15, 0.2) is 5.15 Å². The number of hydrogen-bond donors (Lipinski definition) is 0. The minimum Gasteiger partial charge on any atom is -0.486 e. The fourth-order valence-electron chi connectivity index (χ4n) is 1.16. The molecular weight excluding hydrogens is 371 g/mol. The fourth-order valence-corrected chi connectivity index (χ4v) is 2.43. The number of rotatable bonds is 3. The molecule has 0 amide bonds. The molecule has 2 rings (SSSR count). The molecule has 0 atom stereocenters. The molecule has 1 aromatic heterocycles. The lowest BCUT2D eigenvalue weighted by Crippen LogP contribution is -1.99. The number of aromatic nitrogens is 2. The Labute approximate surface area is 120 Å². The Bertz CT molecular complexity index is 519. The van der Waals surface area contributed by atoms with Crippen molar-refractivity contribution in [2.45, 2.75) is 6.61 Å². The molecule has 0 N–H and O–H groups in total. The molecular formula is C11H7Br2ClN2O. The average molecular weight is 378 g/mol. The summed E-state index contributed by atoms with van der Waals surface area (Å²) >= 11 is 12.4. The van der Waals surface area contributed by atoms with E-state index in [1.165, 1.54) is 0 Å². The van der Waals surface area contributed by atoms with Gasteiger partial charge in [-0.3, -0.25) is 0 Å². The molecule has 0 spiro atoms. The lowest BCUT2D eigenvalue weighted by Gasteiger charge is -2.07. The van der Waals surface area contributed by atoms with Crippen LogP contribution in [-0.4, -0.2) is 10.2 Å². The van der Waals surface area contributed by atoms with Crippen molar-refractivity contribution in [3.8, 4) is 5.75 Å². The summed E-state index contributed by atoms with van der Waals surface area (Å²) < 4.78 is 7.48. The molecule has 0 saturated heterocycles. The summed E-state index contributed by atoms with van der Waals surface area (Å²) in [5.41, 5.74) is 0.726. The standard InChI is InChI=1S/C11H7Br2ClN2O/c12-7-1-3-10(9(13)5-7)17-6-8-2-4-11(14)16-15-8/h1-5H,6H2. The van der Waals surface area contributed by atoms with Gasteiger partial charge >= 0.3 is 0 Å². The van der Waals surface area contributed by atoms with Gasteiger partial charge in [0.2, 0.25) is 0 Å². The number of nitrogens with zero attached hydrogens (tertiary/aromatic N) is 2. The molecule has 0 aliphatic rings. The SMILES string of the molecule is Clc1ccc(COc2ccc(Br)cc2Br)nn1. The summed E-state index contributed by atoms with van der Waals surface area (Å²) in [5.74, 6) is 0.755. The van der Waals surface area contributed by atoms with Gasteiger partial charge < -0.3 is 4.74 Å². The minimum absolute atomic E-state index is 0.352. The maximum Gasteiger partial charge on any atom is 0.151 e. The van der Waals surface area contributed by atoms with Crippen LogP contribution >= 0.6 is 43.5 Å². The molecule has 0 fully saturated rings. The highest BCUT2D eigenvalue weighted by molar-refractivity contribution is 9.11. The molecule has 6 heteroatoms. The second-order valence-electron chi connectivity index (χ2n) is 3.21. The van der Waals surface area contributed by atoms with E-state index in [4.69, 9.17) is 16.3 Å². The van der Waals surface area contributed by atoms with Crippen LogP contribution in [0.15, 0.2) is 39.3 Å². The Kier molecular flexibility index (Phi) is 4.36. The van der Waals surface area contributed by atoms with Crippen molar-refractivity contribution < 1.29 is 4.74 Å². The largest absolute Gasteiger partial charge is 0.486 e. The summed E-state index contributed by atoms with van der Waals surface area (Å²) in [6.45, 7) is 0.352. The predicted octanol–water partition coefficient (Wildman–Crippen LogP) is 4.23. The first-order valence-corrected chi connectivity index (χ1v) is 6.67. The van der Waals surface area contributed by atoms with E-state index in [0.717, 1.165) is 20.4 Å². The zero-order chi connectivity index (χ0) is 12.3.